The van der Waals surface area contributed by atoms with Crippen molar-refractivity contribution in [2.45, 2.75) is 45.6 Å². The lowest BCUT2D eigenvalue weighted by Gasteiger charge is -2.62. The Hall–Kier alpha value is -0.0400. The average Bonchev–Trinajstić information content (AvgIpc) is 2.16. The molecule has 14 heavy (non-hydrogen) atoms. The zero-order valence-corrected chi connectivity index (χ0v) is 9.32. The Balaban J connectivity index is 1.85. The van der Waals surface area contributed by atoms with Crippen LogP contribution in [-0.4, -0.2) is 11.2 Å². The van der Waals surface area contributed by atoms with Crippen LogP contribution in [0.2, 0.25) is 0 Å². The number of hydrogen-bond acceptors (Lipinski definition) is 1. The molecular formula is C13H22O. The zero-order valence-electron chi connectivity index (χ0n) is 9.32. The third-order valence-corrected chi connectivity index (χ3v) is 5.64. The third kappa shape index (κ3) is 0.997. The average molecular weight is 194 g/mol. The van der Waals surface area contributed by atoms with Crippen molar-refractivity contribution in [3.8, 4) is 0 Å². The minimum absolute atomic E-state index is 0.0350. The van der Waals surface area contributed by atoms with E-state index in [1.807, 2.05) is 0 Å². The Morgan fingerprint density at radius 1 is 0.857 bits per heavy atom. The van der Waals surface area contributed by atoms with Gasteiger partial charge in [0.25, 0.3) is 0 Å². The van der Waals surface area contributed by atoms with Gasteiger partial charge in [-0.1, -0.05) is 20.3 Å². The standard InChI is InChI=1S/C13H22O/c1-7-3-4-10-8(2)12-11(14)6-5-9(7)13(10)12/h7-14H,3-6H2,1-2H3/t7-,8+,9-,10-,11-,12-,13-/m1/s1. The molecule has 0 aromatic rings. The summed E-state index contributed by atoms with van der Waals surface area (Å²) in [6, 6.07) is 0. The van der Waals surface area contributed by atoms with Gasteiger partial charge in [0.1, 0.15) is 0 Å². The van der Waals surface area contributed by atoms with E-state index >= 15 is 0 Å². The minimum Gasteiger partial charge on any atom is -0.393 e. The van der Waals surface area contributed by atoms with Crippen molar-refractivity contribution in [3.05, 3.63) is 0 Å². The van der Waals surface area contributed by atoms with Crippen molar-refractivity contribution in [1.82, 2.24) is 0 Å². The number of hydrogen-bond donors (Lipinski definition) is 1. The van der Waals surface area contributed by atoms with Gasteiger partial charge in [0.15, 0.2) is 0 Å². The summed E-state index contributed by atoms with van der Waals surface area (Å²) in [5, 5.41) is 10.0. The molecule has 3 fully saturated rings. The van der Waals surface area contributed by atoms with Gasteiger partial charge in [0, 0.05) is 0 Å². The monoisotopic (exact) mass is 194 g/mol. The summed E-state index contributed by atoms with van der Waals surface area (Å²) >= 11 is 0. The molecule has 0 aliphatic heterocycles. The molecule has 0 amide bonds. The summed E-state index contributed by atoms with van der Waals surface area (Å²) in [5.74, 6) is 5.23. The van der Waals surface area contributed by atoms with Crippen LogP contribution in [0.4, 0.5) is 0 Å². The smallest absolute Gasteiger partial charge is 0.0574 e. The Labute approximate surface area is 86.9 Å². The molecule has 1 N–H and O–H groups in total. The highest BCUT2D eigenvalue weighted by molar-refractivity contribution is 5.06. The molecule has 3 rings (SSSR count). The van der Waals surface area contributed by atoms with E-state index in [2.05, 4.69) is 13.8 Å². The van der Waals surface area contributed by atoms with E-state index in [0.29, 0.717) is 5.92 Å². The predicted octanol–water partition coefficient (Wildman–Crippen LogP) is 2.69. The van der Waals surface area contributed by atoms with Crippen LogP contribution in [0.5, 0.6) is 0 Å². The van der Waals surface area contributed by atoms with Crippen molar-refractivity contribution >= 4 is 0 Å². The molecule has 0 aromatic carbocycles. The number of aliphatic hydroxyl groups excluding tert-OH is 1. The second kappa shape index (κ2) is 2.98. The molecule has 0 spiro atoms. The normalized spacial score (nSPS) is 61.5. The highest BCUT2D eigenvalue weighted by Crippen LogP contribution is 2.62. The van der Waals surface area contributed by atoms with Crippen LogP contribution < -0.4 is 0 Å². The summed E-state index contributed by atoms with van der Waals surface area (Å²) in [7, 11) is 0. The van der Waals surface area contributed by atoms with Gasteiger partial charge in [-0.25, -0.2) is 0 Å². The molecule has 1 nitrogen and oxygen atoms in total. The summed E-state index contributed by atoms with van der Waals surface area (Å²) in [6.45, 7) is 4.80. The lowest BCUT2D eigenvalue weighted by molar-refractivity contribution is -0.176. The summed E-state index contributed by atoms with van der Waals surface area (Å²) in [4.78, 5) is 0. The van der Waals surface area contributed by atoms with Crippen LogP contribution >= 0.6 is 0 Å². The fraction of sp³-hybridized carbons (Fsp3) is 1.00. The molecule has 0 saturated heterocycles. The first kappa shape index (κ1) is 9.21. The van der Waals surface area contributed by atoms with E-state index in [4.69, 9.17) is 0 Å². The van der Waals surface area contributed by atoms with Gasteiger partial charge in [0.05, 0.1) is 6.10 Å². The molecule has 0 unspecified atom stereocenters. The van der Waals surface area contributed by atoms with Gasteiger partial charge >= 0.3 is 0 Å². The fourth-order valence-corrected chi connectivity index (χ4v) is 4.87. The maximum atomic E-state index is 10.0. The second-order valence-corrected chi connectivity index (χ2v) is 6.04. The first-order valence-corrected chi connectivity index (χ1v) is 6.38. The van der Waals surface area contributed by atoms with E-state index in [-0.39, 0.29) is 6.10 Å². The molecule has 7 atom stereocenters. The number of rotatable bonds is 0. The maximum Gasteiger partial charge on any atom is 0.0574 e. The molecule has 3 aliphatic carbocycles. The molecule has 0 bridgehead atoms. The van der Waals surface area contributed by atoms with Crippen molar-refractivity contribution < 1.29 is 5.11 Å². The molecule has 80 valence electrons. The fourth-order valence-electron chi connectivity index (χ4n) is 4.87. The summed E-state index contributed by atoms with van der Waals surface area (Å²) in [5.41, 5.74) is 0. The van der Waals surface area contributed by atoms with Crippen LogP contribution in [0.25, 0.3) is 0 Å². The van der Waals surface area contributed by atoms with Crippen LogP contribution in [0, 0.1) is 35.5 Å². The van der Waals surface area contributed by atoms with Crippen molar-refractivity contribution in [2.24, 2.45) is 35.5 Å². The summed E-state index contributed by atoms with van der Waals surface area (Å²) < 4.78 is 0. The molecule has 1 heteroatoms. The zero-order chi connectivity index (χ0) is 9.87. The first-order chi connectivity index (χ1) is 6.70. The van der Waals surface area contributed by atoms with Crippen molar-refractivity contribution in [1.29, 1.82) is 0 Å². The molecule has 3 aliphatic rings. The van der Waals surface area contributed by atoms with E-state index < -0.39 is 0 Å². The molecular weight excluding hydrogens is 172 g/mol. The highest BCUT2D eigenvalue weighted by atomic mass is 16.3. The van der Waals surface area contributed by atoms with E-state index in [1.165, 1.54) is 19.3 Å². The van der Waals surface area contributed by atoms with Crippen LogP contribution in [0.15, 0.2) is 0 Å². The molecule has 0 radical (unpaired) electrons. The van der Waals surface area contributed by atoms with E-state index in [0.717, 1.165) is 36.0 Å². The maximum absolute atomic E-state index is 10.0. The lowest BCUT2D eigenvalue weighted by Crippen LogP contribution is -2.59. The Kier molecular flexibility index (Phi) is 1.96. The molecule has 0 heterocycles. The van der Waals surface area contributed by atoms with Gasteiger partial charge in [-0.2, -0.15) is 0 Å². The largest absolute Gasteiger partial charge is 0.393 e. The van der Waals surface area contributed by atoms with Crippen LogP contribution in [-0.2, 0) is 0 Å². The van der Waals surface area contributed by atoms with E-state index in [1.54, 1.807) is 0 Å². The van der Waals surface area contributed by atoms with Gasteiger partial charge < -0.3 is 5.11 Å². The quantitative estimate of drug-likeness (QED) is 0.628. The Morgan fingerprint density at radius 3 is 2.36 bits per heavy atom. The Bertz CT molecular complexity index is 231. The van der Waals surface area contributed by atoms with Crippen molar-refractivity contribution in [2.75, 3.05) is 0 Å². The second-order valence-electron chi connectivity index (χ2n) is 6.04. The van der Waals surface area contributed by atoms with Crippen LogP contribution in [0.1, 0.15) is 39.5 Å². The van der Waals surface area contributed by atoms with Crippen LogP contribution in [0.3, 0.4) is 0 Å². The molecule has 0 aromatic heterocycles. The SMILES string of the molecule is C[C@H]1[C@H]2CC[C@@H](C)[C@H]3CC[C@@H](O)[C@@H]1[C@@H]23. The minimum atomic E-state index is 0.0350. The van der Waals surface area contributed by atoms with Gasteiger partial charge in [-0.3, -0.25) is 0 Å². The Morgan fingerprint density at radius 2 is 1.57 bits per heavy atom. The van der Waals surface area contributed by atoms with Crippen molar-refractivity contribution in [3.63, 3.8) is 0 Å². The third-order valence-electron chi connectivity index (χ3n) is 5.64. The summed E-state index contributed by atoms with van der Waals surface area (Å²) in [6.07, 6.45) is 5.29. The predicted molar refractivity (Wildman–Crippen MR) is 56.8 cm³/mol. The first-order valence-electron chi connectivity index (χ1n) is 6.38. The van der Waals surface area contributed by atoms with Gasteiger partial charge in [0.2, 0.25) is 0 Å². The molecule has 3 saturated carbocycles. The number of aliphatic hydroxyl groups is 1. The topological polar surface area (TPSA) is 20.2 Å². The van der Waals surface area contributed by atoms with E-state index in [9.17, 15) is 5.11 Å². The lowest BCUT2D eigenvalue weighted by atomic mass is 9.43. The van der Waals surface area contributed by atoms with Gasteiger partial charge in [-0.05, 0) is 54.8 Å². The highest BCUT2D eigenvalue weighted by Gasteiger charge is 2.57. The van der Waals surface area contributed by atoms with Gasteiger partial charge in [-0.15, -0.1) is 0 Å².